The predicted octanol–water partition coefficient (Wildman–Crippen LogP) is 1.34. The van der Waals surface area contributed by atoms with Gasteiger partial charge >= 0.3 is 6.18 Å². The van der Waals surface area contributed by atoms with Gasteiger partial charge in [-0.05, 0) is 18.1 Å². The molecule has 0 atom stereocenters. The molecule has 0 spiro atoms. The van der Waals surface area contributed by atoms with Crippen LogP contribution < -0.4 is 5.73 Å². The van der Waals surface area contributed by atoms with Crippen molar-refractivity contribution in [1.29, 1.82) is 0 Å². The summed E-state index contributed by atoms with van der Waals surface area (Å²) >= 11 is 0. The van der Waals surface area contributed by atoms with Gasteiger partial charge in [-0.15, -0.1) is 0 Å². The fourth-order valence-corrected chi connectivity index (χ4v) is 1.46. The Kier molecular flexibility index (Phi) is 3.54. The predicted molar refractivity (Wildman–Crippen MR) is 50.8 cm³/mol. The molecule has 0 unspecified atom stereocenters. The largest absolute Gasteiger partial charge is 0.417 e. The number of carbonyl (C=O) groups excluding carboxylic acids is 1. The minimum absolute atomic E-state index is 0.0395. The van der Waals surface area contributed by atoms with Gasteiger partial charge in [-0.3, -0.25) is 4.79 Å². The van der Waals surface area contributed by atoms with Crippen molar-refractivity contribution < 1.29 is 23.1 Å². The summed E-state index contributed by atoms with van der Waals surface area (Å²) in [5.41, 5.74) is 3.39. The number of alkyl halides is 3. The first kappa shape index (κ1) is 12.5. The molecule has 0 fully saturated rings. The van der Waals surface area contributed by atoms with E-state index < -0.39 is 23.2 Å². The molecule has 0 bridgehead atoms. The molecule has 1 aromatic carbocycles. The average Bonchev–Trinajstić information content (AvgIpc) is 2.16. The Morgan fingerprint density at radius 2 is 2.00 bits per heavy atom. The Balaban J connectivity index is 3.39. The van der Waals surface area contributed by atoms with E-state index in [0.717, 1.165) is 6.07 Å². The SMILES string of the molecule is NC(=O)c1c(CCO)cccc1C(F)(F)F. The molecule has 3 N–H and O–H groups in total. The molecule has 0 aromatic heterocycles. The van der Waals surface area contributed by atoms with Gasteiger partial charge in [0.2, 0.25) is 5.91 Å². The van der Waals surface area contributed by atoms with Gasteiger partial charge < -0.3 is 10.8 Å². The van der Waals surface area contributed by atoms with Crippen molar-refractivity contribution in [1.82, 2.24) is 0 Å². The maximum absolute atomic E-state index is 12.6. The molecule has 0 saturated heterocycles. The maximum atomic E-state index is 12.6. The summed E-state index contributed by atoms with van der Waals surface area (Å²) in [5.74, 6) is -1.14. The van der Waals surface area contributed by atoms with Gasteiger partial charge in [0.1, 0.15) is 0 Å². The van der Waals surface area contributed by atoms with Crippen molar-refractivity contribution in [3.8, 4) is 0 Å². The number of nitrogens with two attached hydrogens (primary N) is 1. The fourth-order valence-electron chi connectivity index (χ4n) is 1.46. The molecule has 16 heavy (non-hydrogen) atoms. The monoisotopic (exact) mass is 233 g/mol. The lowest BCUT2D eigenvalue weighted by Gasteiger charge is -2.13. The Hall–Kier alpha value is -1.56. The number of aliphatic hydroxyl groups excluding tert-OH is 1. The van der Waals surface area contributed by atoms with Crippen molar-refractivity contribution in [2.75, 3.05) is 6.61 Å². The van der Waals surface area contributed by atoms with Crippen LogP contribution >= 0.6 is 0 Å². The van der Waals surface area contributed by atoms with Gasteiger partial charge in [-0.25, -0.2) is 0 Å². The molecule has 88 valence electrons. The number of aliphatic hydroxyl groups is 1. The van der Waals surface area contributed by atoms with Crippen molar-refractivity contribution >= 4 is 5.91 Å². The van der Waals surface area contributed by atoms with Gasteiger partial charge in [-0.1, -0.05) is 12.1 Å². The quantitative estimate of drug-likeness (QED) is 0.827. The molecule has 0 radical (unpaired) electrons. The Labute approximate surface area is 89.7 Å². The molecule has 0 aliphatic rings. The lowest BCUT2D eigenvalue weighted by molar-refractivity contribution is -0.138. The number of hydrogen-bond donors (Lipinski definition) is 2. The highest BCUT2D eigenvalue weighted by Crippen LogP contribution is 2.33. The molecule has 0 heterocycles. The fraction of sp³-hybridized carbons (Fsp3) is 0.300. The highest BCUT2D eigenvalue weighted by molar-refractivity contribution is 5.96. The van der Waals surface area contributed by atoms with Crippen LogP contribution in [0.4, 0.5) is 13.2 Å². The van der Waals surface area contributed by atoms with Gasteiger partial charge in [-0.2, -0.15) is 13.2 Å². The number of halogens is 3. The molecular formula is C10H10F3NO2. The summed E-state index contributed by atoms with van der Waals surface area (Å²) in [7, 11) is 0. The van der Waals surface area contributed by atoms with Crippen LogP contribution in [0.15, 0.2) is 18.2 Å². The summed E-state index contributed by atoms with van der Waals surface area (Å²) in [5, 5.41) is 8.69. The molecular weight excluding hydrogens is 223 g/mol. The Morgan fingerprint density at radius 1 is 1.38 bits per heavy atom. The third-order valence-corrected chi connectivity index (χ3v) is 2.08. The van der Waals surface area contributed by atoms with Crippen LogP contribution in [0.3, 0.4) is 0 Å². The van der Waals surface area contributed by atoms with Gasteiger partial charge in [0.25, 0.3) is 0 Å². The summed E-state index contributed by atoms with van der Waals surface area (Å²) in [6, 6.07) is 3.31. The van der Waals surface area contributed by atoms with E-state index >= 15 is 0 Å². The number of hydrogen-bond acceptors (Lipinski definition) is 2. The number of amides is 1. The second-order valence-corrected chi connectivity index (χ2v) is 3.18. The van der Waals surface area contributed by atoms with Crippen LogP contribution in [0.25, 0.3) is 0 Å². The molecule has 6 heteroatoms. The number of rotatable bonds is 3. The van der Waals surface area contributed by atoms with E-state index in [0.29, 0.717) is 0 Å². The summed E-state index contributed by atoms with van der Waals surface area (Å²) < 4.78 is 37.7. The van der Waals surface area contributed by atoms with Gasteiger partial charge in [0, 0.05) is 6.61 Å². The van der Waals surface area contributed by atoms with Crippen molar-refractivity contribution in [3.63, 3.8) is 0 Å². The molecule has 3 nitrogen and oxygen atoms in total. The summed E-state index contributed by atoms with van der Waals surface area (Å²) in [4.78, 5) is 11.0. The standard InChI is InChI=1S/C10H10F3NO2/c11-10(12,13)7-3-1-2-6(4-5-15)8(7)9(14)16/h1-3,15H,4-5H2,(H2,14,16). The van der Waals surface area contributed by atoms with E-state index in [1.165, 1.54) is 12.1 Å². The normalized spacial score (nSPS) is 11.5. The first-order valence-electron chi connectivity index (χ1n) is 4.47. The second kappa shape index (κ2) is 4.52. The van der Waals surface area contributed by atoms with E-state index in [-0.39, 0.29) is 18.6 Å². The van der Waals surface area contributed by atoms with E-state index in [2.05, 4.69) is 0 Å². The summed E-state index contributed by atoms with van der Waals surface area (Å²) in [6.07, 6.45) is -4.67. The van der Waals surface area contributed by atoms with E-state index in [4.69, 9.17) is 10.8 Å². The van der Waals surface area contributed by atoms with Gasteiger partial charge in [0.05, 0.1) is 11.1 Å². The molecule has 1 rings (SSSR count). The second-order valence-electron chi connectivity index (χ2n) is 3.18. The van der Waals surface area contributed by atoms with Crippen LogP contribution in [-0.2, 0) is 12.6 Å². The topological polar surface area (TPSA) is 63.3 Å². The first-order valence-corrected chi connectivity index (χ1v) is 4.47. The van der Waals surface area contributed by atoms with Crippen molar-refractivity contribution in [3.05, 3.63) is 34.9 Å². The lowest BCUT2D eigenvalue weighted by atomic mass is 9.98. The minimum Gasteiger partial charge on any atom is -0.396 e. The minimum atomic E-state index is -4.63. The molecule has 0 saturated carbocycles. The summed E-state index contributed by atoms with van der Waals surface area (Å²) in [6.45, 7) is -0.346. The third kappa shape index (κ3) is 2.52. The van der Waals surface area contributed by atoms with Crippen LogP contribution in [-0.4, -0.2) is 17.6 Å². The van der Waals surface area contributed by atoms with E-state index in [9.17, 15) is 18.0 Å². The molecule has 1 amide bonds. The number of carbonyl (C=O) groups is 1. The smallest absolute Gasteiger partial charge is 0.396 e. The Bertz CT molecular complexity index is 402. The maximum Gasteiger partial charge on any atom is 0.417 e. The van der Waals surface area contributed by atoms with E-state index in [1.807, 2.05) is 0 Å². The average molecular weight is 233 g/mol. The third-order valence-electron chi connectivity index (χ3n) is 2.08. The zero-order valence-corrected chi connectivity index (χ0v) is 8.21. The van der Waals surface area contributed by atoms with E-state index in [1.54, 1.807) is 0 Å². The zero-order valence-electron chi connectivity index (χ0n) is 8.21. The zero-order chi connectivity index (χ0) is 12.3. The van der Waals surface area contributed by atoms with Crippen molar-refractivity contribution in [2.45, 2.75) is 12.6 Å². The van der Waals surface area contributed by atoms with Crippen molar-refractivity contribution in [2.24, 2.45) is 5.73 Å². The molecule has 1 aromatic rings. The van der Waals surface area contributed by atoms with Gasteiger partial charge in [0.15, 0.2) is 0 Å². The van der Waals surface area contributed by atoms with Crippen LogP contribution in [0.5, 0.6) is 0 Å². The molecule has 0 aliphatic carbocycles. The highest BCUT2D eigenvalue weighted by atomic mass is 19.4. The molecule has 0 aliphatic heterocycles. The lowest BCUT2D eigenvalue weighted by Crippen LogP contribution is -2.21. The van der Waals surface area contributed by atoms with Crippen LogP contribution in [0.2, 0.25) is 0 Å². The number of primary amides is 1. The van der Waals surface area contributed by atoms with Crippen LogP contribution in [0, 0.1) is 0 Å². The van der Waals surface area contributed by atoms with Crippen LogP contribution in [0.1, 0.15) is 21.5 Å². The Morgan fingerprint density at radius 3 is 2.44 bits per heavy atom. The highest BCUT2D eigenvalue weighted by Gasteiger charge is 2.35. The number of benzene rings is 1. The first-order chi connectivity index (χ1) is 7.38.